The van der Waals surface area contributed by atoms with E-state index in [1.165, 1.54) is 53.3 Å². The molecule has 0 atom stereocenters. The van der Waals surface area contributed by atoms with E-state index in [0.29, 0.717) is 75.1 Å². The molecular weight excluding hydrogens is 771 g/mol. The predicted molar refractivity (Wildman–Crippen MR) is 208 cm³/mol. The van der Waals surface area contributed by atoms with Crippen molar-refractivity contribution in [1.29, 1.82) is 0 Å². The lowest BCUT2D eigenvalue weighted by Crippen LogP contribution is -2.48. The van der Waals surface area contributed by atoms with E-state index in [1.54, 1.807) is 58.3 Å². The molecule has 16 heteroatoms. The first-order chi connectivity index (χ1) is 27.0. The van der Waals surface area contributed by atoms with Gasteiger partial charge in [0.1, 0.15) is 11.6 Å². The van der Waals surface area contributed by atoms with Crippen LogP contribution >= 0.6 is 23.2 Å². The first kappa shape index (κ1) is 42.0. The standard InChI is InChI=1S/C20H21ClFN3O3.C20H20ClFN2O4/c21-17-11-16(5-6-18(17)22)25(20(27)24-7-9-28-10-8-24)13-14-1-3-15(4-2-14)19(26)12-23;1-27-19(25)15-4-2-14(3-5-15)13-24(16-6-7-18(22)17(21)12-16)20(26)23-8-10-28-11-9-23/h1-6,11H,7-10,12-13,23H2;2-7,12H,8-11,13H2,1H3. The average Bonchev–Trinajstić information content (AvgIpc) is 3.24. The number of benzene rings is 4. The van der Waals surface area contributed by atoms with Gasteiger partial charge in [-0.15, -0.1) is 0 Å². The number of carbonyl (C=O) groups excluding carboxylic acids is 4. The Kier molecular flexibility index (Phi) is 15.1. The predicted octanol–water partition coefficient (Wildman–Crippen LogP) is 6.80. The summed E-state index contributed by atoms with van der Waals surface area (Å²) in [6, 6.07) is 21.6. The second-order valence-electron chi connectivity index (χ2n) is 12.6. The highest BCUT2D eigenvalue weighted by Crippen LogP contribution is 2.27. The number of rotatable bonds is 9. The topological polar surface area (TPSA) is 135 Å². The molecule has 0 spiro atoms. The summed E-state index contributed by atoms with van der Waals surface area (Å²) in [5, 5.41) is -0.112. The van der Waals surface area contributed by atoms with Crippen LogP contribution < -0.4 is 15.5 Å². The maximum atomic E-state index is 13.6. The van der Waals surface area contributed by atoms with E-state index < -0.39 is 17.6 Å². The van der Waals surface area contributed by atoms with Gasteiger partial charge in [0.15, 0.2) is 5.78 Å². The molecule has 296 valence electrons. The lowest BCUT2D eigenvalue weighted by atomic mass is 10.1. The van der Waals surface area contributed by atoms with Gasteiger partial charge in [0.2, 0.25) is 0 Å². The lowest BCUT2D eigenvalue weighted by Gasteiger charge is -2.33. The van der Waals surface area contributed by atoms with Gasteiger partial charge in [0.25, 0.3) is 0 Å². The summed E-state index contributed by atoms with van der Waals surface area (Å²) in [4.78, 5) is 55.9. The minimum Gasteiger partial charge on any atom is -0.465 e. The van der Waals surface area contributed by atoms with Crippen LogP contribution in [0.1, 0.15) is 31.8 Å². The highest BCUT2D eigenvalue weighted by atomic mass is 35.5. The molecule has 6 rings (SSSR count). The third kappa shape index (κ3) is 11.0. The van der Waals surface area contributed by atoms with E-state index in [-0.39, 0.29) is 47.5 Å². The molecule has 2 aliphatic heterocycles. The van der Waals surface area contributed by atoms with E-state index in [1.807, 2.05) is 0 Å². The molecular formula is C40H41Cl2F2N5O7. The zero-order valence-corrected chi connectivity index (χ0v) is 32.1. The number of hydrogen-bond donors (Lipinski definition) is 1. The number of ether oxygens (including phenoxy) is 3. The Morgan fingerprint density at radius 3 is 1.41 bits per heavy atom. The molecule has 2 fully saturated rings. The van der Waals surface area contributed by atoms with Crippen molar-refractivity contribution in [2.75, 3.05) is 76.1 Å². The van der Waals surface area contributed by atoms with Crippen molar-refractivity contribution in [3.8, 4) is 0 Å². The second-order valence-corrected chi connectivity index (χ2v) is 13.5. The zero-order valence-electron chi connectivity index (χ0n) is 30.6. The summed E-state index contributed by atoms with van der Waals surface area (Å²) in [5.74, 6) is -1.68. The van der Waals surface area contributed by atoms with Crippen molar-refractivity contribution in [2.24, 2.45) is 5.73 Å². The number of nitrogens with two attached hydrogens (primary N) is 1. The minimum absolute atomic E-state index is 0.0545. The van der Waals surface area contributed by atoms with Crippen LogP contribution in [-0.2, 0) is 27.3 Å². The Labute approximate surface area is 333 Å². The van der Waals surface area contributed by atoms with Crippen LogP contribution in [0.4, 0.5) is 29.7 Å². The smallest absolute Gasteiger partial charge is 0.337 e. The fourth-order valence-electron chi connectivity index (χ4n) is 5.84. The summed E-state index contributed by atoms with van der Waals surface area (Å²) < 4.78 is 42.5. The van der Waals surface area contributed by atoms with Gasteiger partial charge in [-0.1, -0.05) is 59.6 Å². The highest BCUT2D eigenvalue weighted by Gasteiger charge is 2.27. The van der Waals surface area contributed by atoms with E-state index in [0.717, 1.165) is 11.1 Å². The monoisotopic (exact) mass is 811 g/mol. The lowest BCUT2D eigenvalue weighted by molar-refractivity contribution is 0.0548. The quantitative estimate of drug-likeness (QED) is 0.144. The minimum atomic E-state index is -0.549. The summed E-state index contributed by atoms with van der Waals surface area (Å²) >= 11 is 11.9. The van der Waals surface area contributed by atoms with Crippen LogP contribution in [0, 0.1) is 11.6 Å². The number of carbonyl (C=O) groups is 4. The zero-order chi connectivity index (χ0) is 40.2. The fourth-order valence-corrected chi connectivity index (χ4v) is 6.19. The summed E-state index contributed by atoms with van der Waals surface area (Å²) in [6.07, 6.45) is 0. The van der Waals surface area contributed by atoms with Crippen LogP contribution in [0.25, 0.3) is 0 Å². The molecule has 2 aliphatic rings. The van der Waals surface area contributed by atoms with Crippen LogP contribution in [0.2, 0.25) is 10.0 Å². The number of ketones is 1. The summed E-state index contributed by atoms with van der Waals surface area (Å²) in [5.41, 5.74) is 8.91. The van der Waals surface area contributed by atoms with Crippen molar-refractivity contribution >= 4 is 58.4 Å². The maximum absolute atomic E-state index is 13.6. The number of amides is 4. The number of urea groups is 2. The van der Waals surface area contributed by atoms with Gasteiger partial charge in [-0.2, -0.15) is 0 Å². The number of anilines is 2. The summed E-state index contributed by atoms with van der Waals surface area (Å²) in [6.45, 7) is 4.22. The normalized spacial score (nSPS) is 14.0. The Bertz CT molecular complexity index is 1850. The largest absolute Gasteiger partial charge is 0.465 e. The van der Waals surface area contributed by atoms with E-state index in [2.05, 4.69) is 0 Å². The Morgan fingerprint density at radius 1 is 0.661 bits per heavy atom. The molecule has 12 nitrogen and oxygen atoms in total. The van der Waals surface area contributed by atoms with E-state index >= 15 is 0 Å². The van der Waals surface area contributed by atoms with Crippen LogP contribution in [0.5, 0.6) is 0 Å². The molecule has 4 aromatic carbocycles. The third-order valence-electron chi connectivity index (χ3n) is 8.97. The number of morpholine rings is 2. The number of nitrogens with zero attached hydrogens (tertiary/aromatic N) is 4. The first-order valence-corrected chi connectivity index (χ1v) is 18.4. The number of hydrogen-bond acceptors (Lipinski definition) is 8. The van der Waals surface area contributed by atoms with Crippen molar-refractivity contribution in [1.82, 2.24) is 9.80 Å². The van der Waals surface area contributed by atoms with Crippen LogP contribution in [0.3, 0.4) is 0 Å². The molecule has 0 aliphatic carbocycles. The van der Waals surface area contributed by atoms with Gasteiger partial charge in [0.05, 0.1) is 68.8 Å². The number of Topliss-reactive ketones (excluding diaryl/α,β-unsaturated/α-hetero) is 1. The summed E-state index contributed by atoms with van der Waals surface area (Å²) in [7, 11) is 1.32. The molecule has 0 unspecified atom stereocenters. The fraction of sp³-hybridized carbons (Fsp3) is 0.300. The van der Waals surface area contributed by atoms with E-state index in [9.17, 15) is 28.0 Å². The van der Waals surface area contributed by atoms with Crippen LogP contribution in [0.15, 0.2) is 84.9 Å². The van der Waals surface area contributed by atoms with Gasteiger partial charge >= 0.3 is 18.0 Å². The van der Waals surface area contributed by atoms with Crippen molar-refractivity contribution < 1.29 is 42.2 Å². The highest BCUT2D eigenvalue weighted by molar-refractivity contribution is 6.31. The third-order valence-corrected chi connectivity index (χ3v) is 9.55. The molecule has 0 aromatic heterocycles. The Balaban J connectivity index is 0.000000214. The van der Waals surface area contributed by atoms with Gasteiger partial charge in [-0.25, -0.2) is 23.2 Å². The average molecular weight is 813 g/mol. The SMILES string of the molecule is COC(=O)c1ccc(CN(C(=O)N2CCOCC2)c2ccc(F)c(Cl)c2)cc1.NCC(=O)c1ccc(CN(C(=O)N2CCOCC2)c2ccc(F)c(Cl)c2)cc1. The van der Waals surface area contributed by atoms with Crippen molar-refractivity contribution in [2.45, 2.75) is 13.1 Å². The molecule has 4 aromatic rings. The number of halogens is 4. The van der Waals surface area contributed by atoms with Crippen molar-refractivity contribution in [3.63, 3.8) is 0 Å². The maximum Gasteiger partial charge on any atom is 0.337 e. The molecule has 0 saturated carbocycles. The van der Waals surface area contributed by atoms with Crippen molar-refractivity contribution in [3.05, 3.63) is 129 Å². The molecule has 2 N–H and O–H groups in total. The van der Waals surface area contributed by atoms with Gasteiger partial charge in [-0.3, -0.25) is 14.6 Å². The van der Waals surface area contributed by atoms with Gasteiger partial charge in [-0.05, 0) is 59.7 Å². The molecule has 2 saturated heterocycles. The Morgan fingerprint density at radius 2 is 1.05 bits per heavy atom. The molecule has 2 heterocycles. The molecule has 4 amide bonds. The van der Waals surface area contributed by atoms with Gasteiger partial charge < -0.3 is 29.7 Å². The van der Waals surface area contributed by atoms with E-state index in [4.69, 9.17) is 43.1 Å². The van der Waals surface area contributed by atoms with Crippen LogP contribution in [-0.4, -0.2) is 99.9 Å². The number of esters is 1. The Hall–Kier alpha value is -5.12. The molecule has 56 heavy (non-hydrogen) atoms. The van der Waals surface area contributed by atoms with Gasteiger partial charge in [0, 0.05) is 43.1 Å². The molecule has 0 bridgehead atoms. The molecule has 0 radical (unpaired) electrons. The number of methoxy groups -OCH3 is 1. The second kappa shape index (κ2) is 20.2. The first-order valence-electron chi connectivity index (χ1n) is 17.7.